The third-order valence-corrected chi connectivity index (χ3v) is 2.80. The number of hydrogen-bond acceptors (Lipinski definition) is 2. The molecule has 0 fully saturated rings. The van der Waals surface area contributed by atoms with Gasteiger partial charge < -0.3 is 15.7 Å². The number of urea groups is 1. The fourth-order valence-electron chi connectivity index (χ4n) is 1.79. The van der Waals surface area contributed by atoms with Gasteiger partial charge in [0.15, 0.2) is 0 Å². The van der Waals surface area contributed by atoms with E-state index in [2.05, 4.69) is 10.6 Å². The van der Waals surface area contributed by atoms with Gasteiger partial charge in [-0.25, -0.2) is 14.0 Å². The standard InChI is InChI=1S/C15H13FN2O3/c1-9-7-10(14(19)20)5-6-13(9)18-15(21)17-12-4-2-3-11(16)8-12/h2-8H,1H3,(H,19,20)(H2,17,18,21). The van der Waals surface area contributed by atoms with E-state index in [9.17, 15) is 14.0 Å². The van der Waals surface area contributed by atoms with Crippen molar-refractivity contribution in [2.24, 2.45) is 0 Å². The van der Waals surface area contributed by atoms with Gasteiger partial charge in [0.1, 0.15) is 5.82 Å². The molecule has 0 aromatic heterocycles. The normalized spacial score (nSPS) is 10.0. The fourth-order valence-corrected chi connectivity index (χ4v) is 1.79. The van der Waals surface area contributed by atoms with Crippen LogP contribution in [0.2, 0.25) is 0 Å². The van der Waals surface area contributed by atoms with Gasteiger partial charge in [-0.05, 0) is 48.9 Å². The van der Waals surface area contributed by atoms with Gasteiger partial charge in [-0.3, -0.25) is 0 Å². The second-order valence-electron chi connectivity index (χ2n) is 4.42. The molecule has 0 spiro atoms. The zero-order chi connectivity index (χ0) is 15.4. The lowest BCUT2D eigenvalue weighted by molar-refractivity contribution is 0.0697. The molecule has 2 amide bonds. The number of anilines is 2. The van der Waals surface area contributed by atoms with Crippen molar-refractivity contribution in [1.82, 2.24) is 0 Å². The predicted octanol–water partition coefficient (Wildman–Crippen LogP) is 3.48. The Balaban J connectivity index is 2.08. The summed E-state index contributed by atoms with van der Waals surface area (Å²) in [5.74, 6) is -1.48. The van der Waals surface area contributed by atoms with Crippen LogP contribution in [0.5, 0.6) is 0 Å². The van der Waals surface area contributed by atoms with E-state index in [1.165, 1.54) is 36.4 Å². The van der Waals surface area contributed by atoms with Crippen molar-refractivity contribution in [2.75, 3.05) is 10.6 Å². The van der Waals surface area contributed by atoms with E-state index >= 15 is 0 Å². The first-order chi connectivity index (χ1) is 9.95. The summed E-state index contributed by atoms with van der Waals surface area (Å²) in [6.45, 7) is 1.68. The second-order valence-corrected chi connectivity index (χ2v) is 4.42. The van der Waals surface area contributed by atoms with Crippen LogP contribution >= 0.6 is 0 Å². The summed E-state index contributed by atoms with van der Waals surface area (Å²) in [5.41, 5.74) is 1.56. The summed E-state index contributed by atoms with van der Waals surface area (Å²) in [5, 5.41) is 13.9. The highest BCUT2D eigenvalue weighted by molar-refractivity contribution is 6.00. The second kappa shape index (κ2) is 6.04. The fraction of sp³-hybridized carbons (Fsp3) is 0.0667. The number of carbonyl (C=O) groups is 2. The van der Waals surface area contributed by atoms with Crippen molar-refractivity contribution in [3.63, 3.8) is 0 Å². The highest BCUT2D eigenvalue weighted by atomic mass is 19.1. The van der Waals surface area contributed by atoms with Crippen LogP contribution in [0.3, 0.4) is 0 Å². The van der Waals surface area contributed by atoms with Crippen molar-refractivity contribution in [1.29, 1.82) is 0 Å². The Hall–Kier alpha value is -2.89. The van der Waals surface area contributed by atoms with Gasteiger partial charge in [-0.1, -0.05) is 6.07 Å². The topological polar surface area (TPSA) is 78.4 Å². The molecule has 0 aliphatic heterocycles. The van der Waals surface area contributed by atoms with E-state index < -0.39 is 17.8 Å². The number of benzene rings is 2. The number of carboxylic acids is 1. The van der Waals surface area contributed by atoms with Crippen LogP contribution in [0.1, 0.15) is 15.9 Å². The van der Waals surface area contributed by atoms with Gasteiger partial charge in [0.25, 0.3) is 0 Å². The highest BCUT2D eigenvalue weighted by Crippen LogP contribution is 2.17. The number of hydrogen-bond donors (Lipinski definition) is 3. The molecule has 2 aromatic rings. The minimum absolute atomic E-state index is 0.142. The van der Waals surface area contributed by atoms with Crippen LogP contribution in [-0.2, 0) is 0 Å². The summed E-state index contributed by atoms with van der Waals surface area (Å²) < 4.78 is 13.0. The molecule has 0 saturated carbocycles. The Morgan fingerprint density at radius 2 is 1.86 bits per heavy atom. The molecule has 2 rings (SSSR count). The quantitative estimate of drug-likeness (QED) is 0.809. The number of carbonyl (C=O) groups excluding carboxylic acids is 1. The average molecular weight is 288 g/mol. The maximum Gasteiger partial charge on any atom is 0.335 e. The molecule has 0 radical (unpaired) electrons. The van der Waals surface area contributed by atoms with Crippen molar-refractivity contribution in [3.8, 4) is 0 Å². The van der Waals surface area contributed by atoms with Crippen LogP contribution < -0.4 is 10.6 Å². The van der Waals surface area contributed by atoms with Crippen LogP contribution in [0, 0.1) is 12.7 Å². The lowest BCUT2D eigenvalue weighted by Gasteiger charge is -2.10. The van der Waals surface area contributed by atoms with Crippen LogP contribution in [0.4, 0.5) is 20.6 Å². The van der Waals surface area contributed by atoms with Gasteiger partial charge in [0.2, 0.25) is 0 Å². The molecule has 0 atom stereocenters. The molecule has 2 aromatic carbocycles. The predicted molar refractivity (Wildman–Crippen MR) is 77.2 cm³/mol. The maximum absolute atomic E-state index is 13.0. The third kappa shape index (κ3) is 3.79. The summed E-state index contributed by atoms with van der Waals surface area (Å²) in [6, 6.07) is 9.34. The summed E-state index contributed by atoms with van der Waals surface area (Å²) in [6.07, 6.45) is 0. The molecule has 108 valence electrons. The first kappa shape index (κ1) is 14.5. The zero-order valence-electron chi connectivity index (χ0n) is 11.2. The lowest BCUT2D eigenvalue weighted by Crippen LogP contribution is -2.20. The maximum atomic E-state index is 13.0. The molecule has 0 unspecified atom stereocenters. The van der Waals surface area contributed by atoms with Crippen molar-refractivity contribution < 1.29 is 19.1 Å². The van der Waals surface area contributed by atoms with Gasteiger partial charge in [0, 0.05) is 11.4 Å². The van der Waals surface area contributed by atoms with Crippen LogP contribution in [0.15, 0.2) is 42.5 Å². The number of amides is 2. The Labute approximate surface area is 120 Å². The minimum Gasteiger partial charge on any atom is -0.478 e. The molecule has 0 aliphatic rings. The number of halogens is 1. The summed E-state index contributed by atoms with van der Waals surface area (Å²) >= 11 is 0. The highest BCUT2D eigenvalue weighted by Gasteiger charge is 2.08. The Bertz CT molecular complexity index is 701. The van der Waals surface area contributed by atoms with E-state index in [1.54, 1.807) is 13.0 Å². The molecular weight excluding hydrogens is 275 g/mol. The van der Waals surface area contributed by atoms with Crippen LogP contribution in [0.25, 0.3) is 0 Å². The molecule has 0 heterocycles. The molecule has 0 saturated heterocycles. The smallest absolute Gasteiger partial charge is 0.335 e. The Kier molecular flexibility index (Phi) is 4.18. The Morgan fingerprint density at radius 3 is 2.48 bits per heavy atom. The van der Waals surface area contributed by atoms with Gasteiger partial charge in [-0.15, -0.1) is 0 Å². The molecule has 21 heavy (non-hydrogen) atoms. The summed E-state index contributed by atoms with van der Waals surface area (Å²) in [7, 11) is 0. The van der Waals surface area contributed by atoms with Gasteiger partial charge in [-0.2, -0.15) is 0 Å². The van der Waals surface area contributed by atoms with Crippen LogP contribution in [-0.4, -0.2) is 17.1 Å². The SMILES string of the molecule is Cc1cc(C(=O)O)ccc1NC(=O)Nc1cccc(F)c1. The molecule has 6 heteroatoms. The molecule has 3 N–H and O–H groups in total. The lowest BCUT2D eigenvalue weighted by atomic mass is 10.1. The number of carboxylic acid groups (broad SMARTS) is 1. The minimum atomic E-state index is -1.03. The van der Waals surface area contributed by atoms with E-state index in [-0.39, 0.29) is 5.56 Å². The van der Waals surface area contributed by atoms with Gasteiger partial charge in [0.05, 0.1) is 5.56 Å². The molecule has 0 aliphatic carbocycles. The number of aryl methyl sites for hydroxylation is 1. The van der Waals surface area contributed by atoms with Crippen molar-refractivity contribution in [2.45, 2.75) is 6.92 Å². The Morgan fingerprint density at radius 1 is 1.10 bits per heavy atom. The molecule has 5 nitrogen and oxygen atoms in total. The van der Waals surface area contributed by atoms with Crippen molar-refractivity contribution >= 4 is 23.4 Å². The first-order valence-corrected chi connectivity index (χ1v) is 6.13. The molecular formula is C15H13FN2O3. The largest absolute Gasteiger partial charge is 0.478 e. The molecule has 0 bridgehead atoms. The summed E-state index contributed by atoms with van der Waals surface area (Å²) in [4.78, 5) is 22.6. The van der Waals surface area contributed by atoms with E-state index in [0.717, 1.165) is 0 Å². The van der Waals surface area contributed by atoms with E-state index in [1.807, 2.05) is 0 Å². The monoisotopic (exact) mass is 288 g/mol. The van der Waals surface area contributed by atoms with Crippen molar-refractivity contribution in [3.05, 3.63) is 59.4 Å². The van der Waals surface area contributed by atoms with E-state index in [0.29, 0.717) is 16.9 Å². The number of nitrogens with one attached hydrogen (secondary N) is 2. The first-order valence-electron chi connectivity index (χ1n) is 6.13. The average Bonchev–Trinajstić information content (AvgIpc) is 2.40. The van der Waals surface area contributed by atoms with E-state index in [4.69, 9.17) is 5.11 Å². The number of aromatic carboxylic acids is 1. The third-order valence-electron chi connectivity index (χ3n) is 2.80. The zero-order valence-corrected chi connectivity index (χ0v) is 11.2. The van der Waals surface area contributed by atoms with Gasteiger partial charge >= 0.3 is 12.0 Å². The number of rotatable bonds is 3.